The molecule has 5 heteroatoms. The highest BCUT2D eigenvalue weighted by Crippen LogP contribution is 2.23. The Kier molecular flexibility index (Phi) is 8.26. The first kappa shape index (κ1) is 17.0. The van der Waals surface area contributed by atoms with Crippen LogP contribution in [0.15, 0.2) is 0 Å². The van der Waals surface area contributed by atoms with Gasteiger partial charge in [-0.1, -0.05) is 26.2 Å². The van der Waals surface area contributed by atoms with Gasteiger partial charge in [-0.15, -0.1) is 0 Å². The zero-order chi connectivity index (χ0) is 14.8. The molecule has 0 aliphatic heterocycles. The second-order valence-electron chi connectivity index (χ2n) is 5.61. The standard InChI is InChI=1S/C15H29N3O2/c1-3-9-16-10-11-17-14(19)12(2)18-15(20)13-7-5-4-6-8-13/h12-13,16H,3-11H2,1-2H3,(H,17,19)(H,18,20)/t12-/m0/s1. The van der Waals surface area contributed by atoms with Gasteiger partial charge in [0.25, 0.3) is 0 Å². The maximum Gasteiger partial charge on any atom is 0.242 e. The van der Waals surface area contributed by atoms with Crippen molar-refractivity contribution < 1.29 is 9.59 Å². The topological polar surface area (TPSA) is 70.2 Å². The van der Waals surface area contributed by atoms with Gasteiger partial charge in [-0.2, -0.15) is 0 Å². The maximum absolute atomic E-state index is 12.0. The molecule has 1 aliphatic carbocycles. The lowest BCUT2D eigenvalue weighted by molar-refractivity contribution is -0.131. The van der Waals surface area contributed by atoms with Crippen LogP contribution in [-0.2, 0) is 9.59 Å². The quantitative estimate of drug-likeness (QED) is 0.586. The molecule has 1 saturated carbocycles. The van der Waals surface area contributed by atoms with Gasteiger partial charge in [0.05, 0.1) is 0 Å². The molecule has 0 heterocycles. The summed E-state index contributed by atoms with van der Waals surface area (Å²) in [5.41, 5.74) is 0. The van der Waals surface area contributed by atoms with Gasteiger partial charge in [-0.05, 0) is 32.7 Å². The van der Waals surface area contributed by atoms with E-state index in [9.17, 15) is 9.59 Å². The third kappa shape index (κ3) is 6.37. The number of hydrogen-bond acceptors (Lipinski definition) is 3. The minimum absolute atomic E-state index is 0.0384. The molecule has 5 nitrogen and oxygen atoms in total. The Morgan fingerprint density at radius 2 is 1.80 bits per heavy atom. The summed E-state index contributed by atoms with van der Waals surface area (Å²) in [6, 6.07) is -0.449. The van der Waals surface area contributed by atoms with Crippen LogP contribution in [0.1, 0.15) is 52.4 Å². The Bertz CT molecular complexity index is 301. The van der Waals surface area contributed by atoms with E-state index in [1.807, 2.05) is 0 Å². The Hall–Kier alpha value is -1.10. The van der Waals surface area contributed by atoms with Crippen LogP contribution in [0.3, 0.4) is 0 Å². The van der Waals surface area contributed by atoms with E-state index in [2.05, 4.69) is 22.9 Å². The van der Waals surface area contributed by atoms with E-state index in [1.165, 1.54) is 6.42 Å². The zero-order valence-electron chi connectivity index (χ0n) is 12.8. The lowest BCUT2D eigenvalue weighted by Gasteiger charge is -2.23. The molecule has 3 N–H and O–H groups in total. The molecule has 1 aliphatic rings. The van der Waals surface area contributed by atoms with E-state index in [0.29, 0.717) is 6.54 Å². The third-order valence-corrected chi connectivity index (χ3v) is 3.76. The summed E-state index contributed by atoms with van der Waals surface area (Å²) >= 11 is 0. The summed E-state index contributed by atoms with van der Waals surface area (Å²) in [7, 11) is 0. The van der Waals surface area contributed by atoms with E-state index in [4.69, 9.17) is 0 Å². The van der Waals surface area contributed by atoms with E-state index in [0.717, 1.165) is 45.2 Å². The lowest BCUT2D eigenvalue weighted by atomic mass is 9.88. The summed E-state index contributed by atoms with van der Waals surface area (Å²) in [4.78, 5) is 23.9. The number of hydrogen-bond donors (Lipinski definition) is 3. The van der Waals surface area contributed by atoms with Gasteiger partial charge >= 0.3 is 0 Å². The van der Waals surface area contributed by atoms with E-state index in [-0.39, 0.29) is 17.7 Å². The van der Waals surface area contributed by atoms with Crippen molar-refractivity contribution in [1.82, 2.24) is 16.0 Å². The maximum atomic E-state index is 12.0. The summed E-state index contributed by atoms with van der Waals surface area (Å²) in [5.74, 6) is 0.0362. The van der Waals surface area contributed by atoms with Gasteiger partial charge in [0, 0.05) is 19.0 Å². The molecule has 0 aromatic rings. The molecule has 0 bridgehead atoms. The van der Waals surface area contributed by atoms with Crippen LogP contribution in [0.5, 0.6) is 0 Å². The van der Waals surface area contributed by atoms with Crippen molar-refractivity contribution in [3.05, 3.63) is 0 Å². The molecule has 0 radical (unpaired) electrons. The molecule has 1 rings (SSSR count). The zero-order valence-corrected chi connectivity index (χ0v) is 12.8. The van der Waals surface area contributed by atoms with Crippen LogP contribution in [-0.4, -0.2) is 37.5 Å². The number of carbonyl (C=O) groups excluding carboxylic acids is 2. The Balaban J connectivity index is 2.18. The molecule has 0 spiro atoms. The predicted molar refractivity (Wildman–Crippen MR) is 80.4 cm³/mol. The van der Waals surface area contributed by atoms with Crippen LogP contribution in [0, 0.1) is 5.92 Å². The van der Waals surface area contributed by atoms with E-state index >= 15 is 0 Å². The van der Waals surface area contributed by atoms with Gasteiger partial charge < -0.3 is 16.0 Å². The average Bonchev–Trinajstić information content (AvgIpc) is 2.47. The Morgan fingerprint density at radius 3 is 2.45 bits per heavy atom. The Morgan fingerprint density at radius 1 is 1.10 bits per heavy atom. The van der Waals surface area contributed by atoms with Gasteiger partial charge in [-0.25, -0.2) is 0 Å². The van der Waals surface area contributed by atoms with Crippen molar-refractivity contribution in [2.24, 2.45) is 5.92 Å². The van der Waals surface area contributed by atoms with Crippen molar-refractivity contribution >= 4 is 11.8 Å². The second-order valence-corrected chi connectivity index (χ2v) is 5.61. The summed E-state index contributed by atoms with van der Waals surface area (Å²) in [6.45, 7) is 6.18. The highest BCUT2D eigenvalue weighted by atomic mass is 16.2. The molecule has 1 fully saturated rings. The fourth-order valence-corrected chi connectivity index (χ4v) is 2.49. The lowest BCUT2D eigenvalue weighted by Crippen LogP contribution is -2.48. The Labute approximate surface area is 122 Å². The predicted octanol–water partition coefficient (Wildman–Crippen LogP) is 1.19. The molecule has 1 atom stereocenters. The van der Waals surface area contributed by atoms with Crippen LogP contribution in [0.25, 0.3) is 0 Å². The summed E-state index contributed by atoms with van der Waals surface area (Å²) in [6.07, 6.45) is 6.48. The van der Waals surface area contributed by atoms with Crippen LogP contribution < -0.4 is 16.0 Å². The van der Waals surface area contributed by atoms with Crippen molar-refractivity contribution in [1.29, 1.82) is 0 Å². The molecule has 2 amide bonds. The molecule has 20 heavy (non-hydrogen) atoms. The molecule has 0 aromatic carbocycles. The van der Waals surface area contributed by atoms with E-state index in [1.54, 1.807) is 6.92 Å². The van der Waals surface area contributed by atoms with Crippen molar-refractivity contribution in [3.63, 3.8) is 0 Å². The number of amides is 2. The molecule has 0 unspecified atom stereocenters. The molecule has 116 valence electrons. The number of rotatable bonds is 8. The van der Waals surface area contributed by atoms with Crippen molar-refractivity contribution in [2.45, 2.75) is 58.4 Å². The fourth-order valence-electron chi connectivity index (χ4n) is 2.49. The highest BCUT2D eigenvalue weighted by Gasteiger charge is 2.24. The van der Waals surface area contributed by atoms with Gasteiger partial charge in [0.2, 0.25) is 11.8 Å². The monoisotopic (exact) mass is 283 g/mol. The summed E-state index contributed by atoms with van der Waals surface area (Å²) < 4.78 is 0. The molecular formula is C15H29N3O2. The normalized spacial score (nSPS) is 17.5. The number of carbonyl (C=O) groups is 2. The SMILES string of the molecule is CCCNCCNC(=O)[C@H](C)NC(=O)C1CCCCC1. The smallest absolute Gasteiger partial charge is 0.242 e. The minimum Gasteiger partial charge on any atom is -0.353 e. The molecule has 0 saturated heterocycles. The molecular weight excluding hydrogens is 254 g/mol. The van der Waals surface area contributed by atoms with Gasteiger partial charge in [0.15, 0.2) is 0 Å². The van der Waals surface area contributed by atoms with Crippen LogP contribution in [0.4, 0.5) is 0 Å². The first-order chi connectivity index (χ1) is 9.65. The average molecular weight is 283 g/mol. The second kappa shape index (κ2) is 9.75. The minimum atomic E-state index is -0.449. The van der Waals surface area contributed by atoms with Gasteiger partial charge in [0.1, 0.15) is 6.04 Å². The van der Waals surface area contributed by atoms with Crippen molar-refractivity contribution in [3.8, 4) is 0 Å². The van der Waals surface area contributed by atoms with Crippen LogP contribution >= 0.6 is 0 Å². The van der Waals surface area contributed by atoms with Crippen LogP contribution in [0.2, 0.25) is 0 Å². The van der Waals surface area contributed by atoms with E-state index < -0.39 is 6.04 Å². The summed E-state index contributed by atoms with van der Waals surface area (Å²) in [5, 5.41) is 8.88. The number of nitrogens with one attached hydrogen (secondary N) is 3. The first-order valence-electron chi connectivity index (χ1n) is 7.94. The molecule has 0 aromatic heterocycles. The highest BCUT2D eigenvalue weighted by molar-refractivity contribution is 5.88. The van der Waals surface area contributed by atoms with Gasteiger partial charge in [-0.3, -0.25) is 9.59 Å². The first-order valence-corrected chi connectivity index (χ1v) is 7.94. The fraction of sp³-hybridized carbons (Fsp3) is 0.867. The largest absolute Gasteiger partial charge is 0.353 e. The van der Waals surface area contributed by atoms with Crippen molar-refractivity contribution in [2.75, 3.05) is 19.6 Å². The third-order valence-electron chi connectivity index (χ3n) is 3.76.